The molecule has 0 radical (unpaired) electrons. The zero-order chi connectivity index (χ0) is 13.1. The Hall–Kier alpha value is -1.55. The highest BCUT2D eigenvalue weighted by atomic mass is 16.5. The summed E-state index contributed by atoms with van der Waals surface area (Å²) in [6.45, 7) is 6.32. The van der Waals surface area contributed by atoms with Crippen molar-refractivity contribution in [3.63, 3.8) is 0 Å². The summed E-state index contributed by atoms with van der Waals surface area (Å²) in [6, 6.07) is 5.63. The fourth-order valence-corrected chi connectivity index (χ4v) is 2.28. The first-order chi connectivity index (χ1) is 8.65. The van der Waals surface area contributed by atoms with Crippen LogP contribution in [0.1, 0.15) is 30.6 Å². The van der Waals surface area contributed by atoms with Gasteiger partial charge in [0, 0.05) is 18.5 Å². The summed E-state index contributed by atoms with van der Waals surface area (Å²) in [4.78, 5) is 14.1. The van der Waals surface area contributed by atoms with Crippen molar-refractivity contribution in [1.82, 2.24) is 0 Å². The Morgan fingerprint density at radius 2 is 2.33 bits per heavy atom. The van der Waals surface area contributed by atoms with Gasteiger partial charge in [0.15, 0.2) is 5.78 Å². The monoisotopic (exact) mass is 248 g/mol. The van der Waals surface area contributed by atoms with Crippen LogP contribution in [-0.2, 0) is 0 Å². The maximum Gasteiger partial charge on any atom is 0.164 e. The van der Waals surface area contributed by atoms with Gasteiger partial charge < -0.3 is 15.4 Å². The molecule has 98 valence electrons. The molecule has 0 saturated carbocycles. The zero-order valence-electron chi connectivity index (χ0n) is 11.0. The molecule has 2 N–H and O–H groups in total. The molecule has 0 bridgehead atoms. The third kappa shape index (κ3) is 2.48. The summed E-state index contributed by atoms with van der Waals surface area (Å²) in [5.74, 6) is 0.954. The summed E-state index contributed by atoms with van der Waals surface area (Å²) < 4.78 is 5.78. The van der Waals surface area contributed by atoms with E-state index in [1.807, 2.05) is 18.2 Å². The van der Waals surface area contributed by atoms with Crippen LogP contribution in [0.4, 0.5) is 5.69 Å². The van der Waals surface area contributed by atoms with Crippen molar-refractivity contribution in [2.45, 2.75) is 26.4 Å². The summed E-state index contributed by atoms with van der Waals surface area (Å²) in [5.41, 5.74) is 7.15. The molecule has 1 atom stereocenters. The quantitative estimate of drug-likeness (QED) is 0.826. The lowest BCUT2D eigenvalue weighted by atomic mass is 10.1. The van der Waals surface area contributed by atoms with E-state index in [4.69, 9.17) is 10.5 Å². The first-order valence-corrected chi connectivity index (χ1v) is 6.44. The van der Waals surface area contributed by atoms with Crippen molar-refractivity contribution >= 4 is 11.5 Å². The molecule has 0 aliphatic carbocycles. The molecule has 0 fully saturated rings. The number of fused-ring (bicyclic) bond motifs is 1. The minimum atomic E-state index is 0.0926. The van der Waals surface area contributed by atoms with Crippen LogP contribution in [0.25, 0.3) is 0 Å². The molecular weight excluding hydrogens is 228 g/mol. The highest BCUT2D eigenvalue weighted by Gasteiger charge is 2.22. The van der Waals surface area contributed by atoms with Crippen LogP contribution in [0.2, 0.25) is 0 Å². The Balaban J connectivity index is 2.32. The van der Waals surface area contributed by atoms with Crippen LogP contribution in [0.15, 0.2) is 18.2 Å². The van der Waals surface area contributed by atoms with Crippen molar-refractivity contribution in [1.29, 1.82) is 0 Å². The molecule has 1 aromatic carbocycles. The highest BCUT2D eigenvalue weighted by Crippen LogP contribution is 2.34. The number of ether oxygens (including phenoxy) is 1. The first-order valence-electron chi connectivity index (χ1n) is 6.44. The number of benzene rings is 1. The predicted molar refractivity (Wildman–Crippen MR) is 72.4 cm³/mol. The van der Waals surface area contributed by atoms with Gasteiger partial charge in [-0.1, -0.05) is 0 Å². The van der Waals surface area contributed by atoms with Gasteiger partial charge in [-0.2, -0.15) is 0 Å². The maximum absolute atomic E-state index is 11.9. The Morgan fingerprint density at radius 3 is 3.00 bits per heavy atom. The van der Waals surface area contributed by atoms with Crippen LogP contribution in [0.3, 0.4) is 0 Å². The molecule has 4 heteroatoms. The van der Waals surface area contributed by atoms with Crippen LogP contribution in [0.5, 0.6) is 5.75 Å². The molecular formula is C14H20N2O2. The van der Waals surface area contributed by atoms with Gasteiger partial charge in [0.25, 0.3) is 0 Å². The van der Waals surface area contributed by atoms with Gasteiger partial charge in [-0.05, 0) is 38.6 Å². The van der Waals surface area contributed by atoms with Crippen molar-refractivity contribution in [2.75, 3.05) is 24.5 Å². The summed E-state index contributed by atoms with van der Waals surface area (Å²) in [6.07, 6.45) is 0.574. The van der Waals surface area contributed by atoms with E-state index >= 15 is 0 Å². The number of hydrogen-bond acceptors (Lipinski definition) is 4. The second kappa shape index (κ2) is 5.40. The van der Waals surface area contributed by atoms with Crippen LogP contribution in [0, 0.1) is 0 Å². The number of hydrogen-bond donors (Lipinski definition) is 1. The Bertz CT molecular complexity index is 445. The number of carbonyl (C=O) groups excluding carboxylic acids is 1. The average molecular weight is 248 g/mol. The number of ketones is 1. The van der Waals surface area contributed by atoms with E-state index in [0.29, 0.717) is 13.0 Å². The second-order valence-electron chi connectivity index (χ2n) is 4.61. The first kappa shape index (κ1) is 12.9. The molecule has 4 nitrogen and oxygen atoms in total. The Morgan fingerprint density at radius 1 is 1.56 bits per heavy atom. The number of likely N-dealkylation sites (N-methyl/N-ethyl adjacent to an activating group) is 1. The Kier molecular flexibility index (Phi) is 3.87. The fourth-order valence-electron chi connectivity index (χ4n) is 2.28. The molecule has 1 aliphatic rings. The van der Waals surface area contributed by atoms with Crippen molar-refractivity contribution < 1.29 is 9.53 Å². The van der Waals surface area contributed by atoms with Crippen LogP contribution in [-0.4, -0.2) is 31.5 Å². The van der Waals surface area contributed by atoms with Gasteiger partial charge in [0.05, 0.1) is 12.2 Å². The molecule has 0 saturated heterocycles. The largest absolute Gasteiger partial charge is 0.487 e. The number of nitrogens with two attached hydrogens (primary N) is 1. The minimum absolute atomic E-state index is 0.0926. The van der Waals surface area contributed by atoms with Crippen LogP contribution >= 0.6 is 0 Å². The van der Waals surface area contributed by atoms with Crippen molar-refractivity contribution in [3.8, 4) is 5.75 Å². The molecule has 1 heterocycles. The molecule has 0 amide bonds. The van der Waals surface area contributed by atoms with E-state index in [1.54, 1.807) is 0 Å². The van der Waals surface area contributed by atoms with E-state index in [0.717, 1.165) is 30.1 Å². The molecule has 0 spiro atoms. The topological polar surface area (TPSA) is 55.6 Å². The summed E-state index contributed by atoms with van der Waals surface area (Å²) >= 11 is 0. The predicted octanol–water partition coefficient (Wildman–Crippen LogP) is 1.83. The van der Waals surface area contributed by atoms with E-state index in [1.165, 1.54) is 0 Å². The van der Waals surface area contributed by atoms with Gasteiger partial charge in [-0.3, -0.25) is 4.79 Å². The van der Waals surface area contributed by atoms with E-state index < -0.39 is 0 Å². The maximum atomic E-state index is 11.9. The number of anilines is 1. The molecule has 18 heavy (non-hydrogen) atoms. The SMILES string of the molecule is CCN1CC(C)Oc2ccc(C(=O)CCN)cc21. The van der Waals surface area contributed by atoms with Gasteiger partial charge >= 0.3 is 0 Å². The second-order valence-corrected chi connectivity index (χ2v) is 4.61. The van der Waals surface area contributed by atoms with E-state index in [2.05, 4.69) is 18.7 Å². The lowest BCUT2D eigenvalue weighted by Crippen LogP contribution is -2.38. The normalized spacial score (nSPS) is 18.2. The molecule has 1 aliphatic heterocycles. The lowest BCUT2D eigenvalue weighted by molar-refractivity contribution is 0.0985. The number of Topliss-reactive ketones (excluding diaryl/α,β-unsaturated/α-hetero) is 1. The molecule has 1 aromatic rings. The minimum Gasteiger partial charge on any atom is -0.487 e. The van der Waals surface area contributed by atoms with E-state index in [-0.39, 0.29) is 11.9 Å². The third-order valence-electron chi connectivity index (χ3n) is 3.18. The number of nitrogens with zero attached hydrogens (tertiary/aromatic N) is 1. The summed E-state index contributed by atoms with van der Waals surface area (Å²) in [7, 11) is 0. The van der Waals surface area contributed by atoms with Crippen molar-refractivity contribution in [2.24, 2.45) is 5.73 Å². The van der Waals surface area contributed by atoms with Gasteiger partial charge in [0.2, 0.25) is 0 Å². The lowest BCUT2D eigenvalue weighted by Gasteiger charge is -2.34. The summed E-state index contributed by atoms with van der Waals surface area (Å²) in [5, 5.41) is 0. The third-order valence-corrected chi connectivity index (χ3v) is 3.18. The molecule has 0 aromatic heterocycles. The smallest absolute Gasteiger partial charge is 0.164 e. The number of carbonyl (C=O) groups is 1. The standard InChI is InChI=1S/C14H20N2O2/c1-3-16-9-10(2)18-14-5-4-11(8-12(14)16)13(17)6-7-15/h4-5,8,10H,3,6-7,9,15H2,1-2H3. The fraction of sp³-hybridized carbons (Fsp3) is 0.500. The highest BCUT2D eigenvalue weighted by molar-refractivity contribution is 5.97. The number of rotatable bonds is 4. The Labute approximate surface area is 108 Å². The molecule has 2 rings (SSSR count). The van der Waals surface area contributed by atoms with Gasteiger partial charge in [0.1, 0.15) is 11.9 Å². The average Bonchev–Trinajstić information content (AvgIpc) is 2.37. The van der Waals surface area contributed by atoms with Gasteiger partial charge in [-0.15, -0.1) is 0 Å². The zero-order valence-corrected chi connectivity index (χ0v) is 11.0. The van der Waals surface area contributed by atoms with Crippen molar-refractivity contribution in [3.05, 3.63) is 23.8 Å². The van der Waals surface area contributed by atoms with Gasteiger partial charge in [-0.25, -0.2) is 0 Å². The van der Waals surface area contributed by atoms with Crippen LogP contribution < -0.4 is 15.4 Å². The van der Waals surface area contributed by atoms with E-state index in [9.17, 15) is 4.79 Å². The molecule has 1 unspecified atom stereocenters.